The van der Waals surface area contributed by atoms with Crippen molar-refractivity contribution in [2.75, 3.05) is 39.2 Å². The number of rotatable bonds is 16. The van der Waals surface area contributed by atoms with Crippen molar-refractivity contribution in [1.29, 1.82) is 0 Å². The Bertz CT molecular complexity index is 1870. The van der Waals surface area contributed by atoms with E-state index in [0.29, 0.717) is 77.7 Å². The van der Waals surface area contributed by atoms with Gasteiger partial charge in [-0.05, 0) is 36.6 Å². The van der Waals surface area contributed by atoms with Gasteiger partial charge in [0.1, 0.15) is 5.69 Å². The van der Waals surface area contributed by atoms with Crippen LogP contribution in [0, 0.1) is 0 Å². The van der Waals surface area contributed by atoms with Gasteiger partial charge in [0.25, 0.3) is 5.91 Å². The number of nitrogens with one attached hydrogen (secondary N) is 5. The van der Waals surface area contributed by atoms with Crippen LogP contribution in [0.2, 0.25) is 10.0 Å². The molecule has 0 saturated carbocycles. The van der Waals surface area contributed by atoms with Gasteiger partial charge in [0.15, 0.2) is 0 Å². The highest BCUT2D eigenvalue weighted by Crippen LogP contribution is 2.39. The van der Waals surface area contributed by atoms with Crippen LogP contribution in [0.25, 0.3) is 11.1 Å². The van der Waals surface area contributed by atoms with Gasteiger partial charge in [-0.25, -0.2) is 9.98 Å². The number of allylic oxidation sites excluding steroid dienone is 2. The first-order valence-electron chi connectivity index (χ1n) is 17.0. The molecule has 1 aromatic heterocycles. The first kappa shape index (κ1) is 38.5. The number of anilines is 1. The molecule has 14 heteroatoms. The van der Waals surface area contributed by atoms with E-state index in [0.717, 1.165) is 29.5 Å². The maximum Gasteiger partial charge on any atom is 0.274 e. The van der Waals surface area contributed by atoms with Crippen molar-refractivity contribution in [2.45, 2.75) is 50.9 Å². The van der Waals surface area contributed by atoms with Crippen LogP contribution in [-0.4, -0.2) is 74.5 Å². The third kappa shape index (κ3) is 9.97. The van der Waals surface area contributed by atoms with Crippen molar-refractivity contribution < 1.29 is 23.9 Å². The van der Waals surface area contributed by atoms with Crippen molar-refractivity contribution in [1.82, 2.24) is 26.3 Å². The van der Waals surface area contributed by atoms with E-state index in [-0.39, 0.29) is 36.1 Å². The molecular weight excluding hydrogens is 705 g/mol. The fraction of sp³-hybridized carbons (Fsp3) is 0.342. The second-order valence-corrected chi connectivity index (χ2v) is 13.1. The molecule has 5 N–H and O–H groups in total. The smallest absolute Gasteiger partial charge is 0.274 e. The zero-order valence-electron chi connectivity index (χ0n) is 29.2. The Morgan fingerprint density at radius 3 is 2.25 bits per heavy atom. The van der Waals surface area contributed by atoms with Crippen LogP contribution < -0.4 is 31.3 Å². The fourth-order valence-corrected chi connectivity index (χ4v) is 6.63. The van der Waals surface area contributed by atoms with Gasteiger partial charge in [-0.15, -0.1) is 0 Å². The maximum absolute atomic E-state index is 13.3. The SMILES string of the molecule is C=C/C=C(/CNC[C@@H]1CCC(=O)N1)C(=NCc1cccc(-c2cccc(NC(=O)c3ccc(CNC[C@@H]4CCC(=O)N4)c(OC)n3)c2Cl)c1Cl)OC. The van der Waals surface area contributed by atoms with Gasteiger partial charge in [-0.1, -0.05) is 72.3 Å². The number of hydrogen-bond acceptors (Lipinski definition) is 9. The lowest BCUT2D eigenvalue weighted by atomic mass is 10.0. The third-order valence-corrected chi connectivity index (χ3v) is 9.60. The molecule has 0 radical (unpaired) electrons. The highest BCUT2D eigenvalue weighted by Gasteiger charge is 2.22. The lowest BCUT2D eigenvalue weighted by molar-refractivity contribution is -0.120. The first-order valence-corrected chi connectivity index (χ1v) is 17.8. The molecule has 5 rings (SSSR count). The number of pyridine rings is 1. The minimum Gasteiger partial charge on any atom is -0.481 e. The second kappa shape index (κ2) is 18.7. The predicted molar refractivity (Wildman–Crippen MR) is 204 cm³/mol. The number of nitrogens with zero attached hydrogens (tertiary/aromatic N) is 2. The third-order valence-electron chi connectivity index (χ3n) is 8.74. The molecule has 0 unspecified atom stereocenters. The summed E-state index contributed by atoms with van der Waals surface area (Å²) in [7, 11) is 3.06. The molecule has 3 heterocycles. The summed E-state index contributed by atoms with van der Waals surface area (Å²) in [5, 5.41) is 16.2. The van der Waals surface area contributed by atoms with Crippen LogP contribution in [0.4, 0.5) is 5.69 Å². The average molecular weight is 749 g/mol. The molecule has 2 aliphatic rings. The van der Waals surface area contributed by atoms with Crippen LogP contribution in [-0.2, 0) is 27.4 Å². The second-order valence-electron chi connectivity index (χ2n) is 12.4. The van der Waals surface area contributed by atoms with Crippen molar-refractivity contribution in [3.63, 3.8) is 0 Å². The molecule has 2 saturated heterocycles. The number of amides is 3. The van der Waals surface area contributed by atoms with Crippen LogP contribution in [0.15, 0.2) is 77.8 Å². The standard InChI is InChI=1S/C38H43Cl2N7O5/c1-4-7-24(18-41-21-26-13-16-32(48)44-26)37(51-2)43-20-23-8-5-9-28(34(23)39)29-10-6-11-30(35(29)40)46-36(50)31-15-12-25(38(47-31)52-3)19-42-22-27-14-17-33(49)45-27/h4-12,15,26-27,41-42H,1,13-14,16-22H2,2-3H3,(H,44,48)(H,45,49)(H,46,50)/b24-7-,43-37?/t26-,27-/m0/s1. The Morgan fingerprint density at radius 2 is 1.62 bits per heavy atom. The van der Waals surface area contributed by atoms with Gasteiger partial charge < -0.3 is 36.1 Å². The van der Waals surface area contributed by atoms with E-state index in [9.17, 15) is 14.4 Å². The van der Waals surface area contributed by atoms with Crippen molar-refractivity contribution >= 4 is 52.5 Å². The van der Waals surface area contributed by atoms with Gasteiger partial charge in [-0.2, -0.15) is 0 Å². The molecule has 2 aromatic carbocycles. The summed E-state index contributed by atoms with van der Waals surface area (Å²) in [6.07, 6.45) is 6.18. The molecule has 2 aliphatic heterocycles. The number of aliphatic imine (C=N–C) groups is 1. The molecule has 52 heavy (non-hydrogen) atoms. The largest absolute Gasteiger partial charge is 0.481 e. The average Bonchev–Trinajstić information content (AvgIpc) is 3.76. The molecule has 0 bridgehead atoms. The van der Waals surface area contributed by atoms with Crippen molar-refractivity contribution in [2.24, 2.45) is 4.99 Å². The number of hydrogen-bond donors (Lipinski definition) is 5. The van der Waals surface area contributed by atoms with Gasteiger partial charge in [0.05, 0.1) is 36.5 Å². The number of carbonyl (C=O) groups excluding carboxylic acids is 3. The Hall–Kier alpha value is -4.75. The summed E-state index contributed by atoms with van der Waals surface area (Å²) in [6, 6.07) is 14.5. The van der Waals surface area contributed by atoms with Gasteiger partial charge in [0, 0.05) is 73.4 Å². The lowest BCUT2D eigenvalue weighted by Gasteiger charge is -2.15. The molecule has 2 atom stereocenters. The number of ether oxygens (including phenoxy) is 2. The number of aromatic nitrogens is 1. The summed E-state index contributed by atoms with van der Waals surface area (Å²) < 4.78 is 11.1. The molecular formula is C38H43Cl2N7O5. The lowest BCUT2D eigenvalue weighted by Crippen LogP contribution is -2.37. The van der Waals surface area contributed by atoms with Gasteiger partial charge in [0.2, 0.25) is 23.6 Å². The van der Waals surface area contributed by atoms with E-state index in [2.05, 4.69) is 38.1 Å². The van der Waals surface area contributed by atoms with E-state index in [1.54, 1.807) is 37.5 Å². The normalized spacial score (nSPS) is 17.5. The summed E-state index contributed by atoms with van der Waals surface area (Å²) in [6.45, 7) is 6.23. The van der Waals surface area contributed by atoms with E-state index < -0.39 is 5.91 Å². The first-order chi connectivity index (χ1) is 25.2. The minimum absolute atomic E-state index is 0.0653. The summed E-state index contributed by atoms with van der Waals surface area (Å²) >= 11 is 13.8. The van der Waals surface area contributed by atoms with Crippen LogP contribution in [0.3, 0.4) is 0 Å². The zero-order chi connectivity index (χ0) is 37.0. The summed E-state index contributed by atoms with van der Waals surface area (Å²) in [4.78, 5) is 45.5. The maximum atomic E-state index is 13.3. The molecule has 12 nitrogen and oxygen atoms in total. The molecule has 0 spiro atoms. The Balaban J connectivity index is 1.25. The molecule has 274 valence electrons. The van der Waals surface area contributed by atoms with E-state index >= 15 is 0 Å². The Morgan fingerprint density at radius 1 is 0.942 bits per heavy atom. The molecule has 2 fully saturated rings. The highest BCUT2D eigenvalue weighted by molar-refractivity contribution is 6.38. The number of benzene rings is 2. The van der Waals surface area contributed by atoms with Crippen molar-refractivity contribution in [3.05, 3.63) is 99.7 Å². The minimum atomic E-state index is -0.460. The van der Waals surface area contributed by atoms with Crippen LogP contribution >= 0.6 is 23.2 Å². The van der Waals surface area contributed by atoms with Crippen LogP contribution in [0.1, 0.15) is 47.3 Å². The Labute approximate surface area is 313 Å². The Kier molecular flexibility index (Phi) is 13.8. The molecule has 0 aliphatic carbocycles. The predicted octanol–water partition coefficient (Wildman–Crippen LogP) is 5.21. The van der Waals surface area contributed by atoms with Gasteiger partial charge in [-0.3, -0.25) is 14.4 Å². The highest BCUT2D eigenvalue weighted by atomic mass is 35.5. The zero-order valence-corrected chi connectivity index (χ0v) is 30.7. The quantitative estimate of drug-likeness (QED) is 0.0761. The monoisotopic (exact) mass is 747 g/mol. The van der Waals surface area contributed by atoms with E-state index in [1.807, 2.05) is 30.3 Å². The van der Waals surface area contributed by atoms with Crippen LogP contribution in [0.5, 0.6) is 5.88 Å². The summed E-state index contributed by atoms with van der Waals surface area (Å²) in [5.74, 6) is 0.428. The van der Waals surface area contributed by atoms with Crippen molar-refractivity contribution in [3.8, 4) is 17.0 Å². The van der Waals surface area contributed by atoms with Gasteiger partial charge >= 0.3 is 0 Å². The molecule has 3 amide bonds. The molecule has 3 aromatic rings. The topological polar surface area (TPSA) is 155 Å². The number of methoxy groups -OCH3 is 2. The van der Waals surface area contributed by atoms with E-state index in [4.69, 9.17) is 37.7 Å². The van der Waals surface area contributed by atoms with E-state index in [1.165, 1.54) is 7.11 Å². The number of carbonyl (C=O) groups is 3. The summed E-state index contributed by atoms with van der Waals surface area (Å²) in [5.41, 5.74) is 4.17. The number of halogens is 2. The fourth-order valence-electron chi connectivity index (χ4n) is 6.07.